The van der Waals surface area contributed by atoms with Crippen molar-refractivity contribution in [2.24, 2.45) is 5.73 Å². The molecule has 7 aromatic heterocycles. The van der Waals surface area contributed by atoms with Gasteiger partial charge in [0, 0.05) is 169 Å². The topological polar surface area (TPSA) is 314 Å². The summed E-state index contributed by atoms with van der Waals surface area (Å²) < 4.78 is 19.7. The number of fused-ring (bicyclic) bond motifs is 22. The number of nitro benzene ring substituents is 1. The summed E-state index contributed by atoms with van der Waals surface area (Å²) in [6.07, 6.45) is 9.79. The summed E-state index contributed by atoms with van der Waals surface area (Å²) in [5.41, 5.74) is 23.7. The van der Waals surface area contributed by atoms with Gasteiger partial charge >= 0.3 is 0 Å². The molecule has 16 aromatic rings. The van der Waals surface area contributed by atoms with Crippen molar-refractivity contribution in [1.82, 2.24) is 44.3 Å². The van der Waals surface area contributed by atoms with Crippen molar-refractivity contribution in [3.63, 3.8) is 0 Å². The molecule has 9 aromatic carbocycles. The molecule has 10 heterocycles. The number of rotatable bonds is 14. The van der Waals surface area contributed by atoms with E-state index in [0.717, 1.165) is 193 Å². The number of ketones is 3. The number of ether oxygens (including phenoxy) is 3. The van der Waals surface area contributed by atoms with Crippen LogP contribution in [-0.2, 0) is 32.7 Å². The Morgan fingerprint density at radius 1 is 0.539 bits per heavy atom. The summed E-state index contributed by atoms with van der Waals surface area (Å²) in [6.45, 7) is 14.7. The van der Waals surface area contributed by atoms with E-state index in [0.29, 0.717) is 71.8 Å². The highest BCUT2D eigenvalue weighted by Crippen LogP contribution is 2.48. The van der Waals surface area contributed by atoms with Crippen LogP contribution in [0, 0.1) is 24.0 Å². The van der Waals surface area contributed by atoms with Crippen molar-refractivity contribution in [3.8, 4) is 73.7 Å². The number of aryl methyl sites for hydroxylation is 3. The molecule has 6 N–H and O–H groups in total. The predicted molar refractivity (Wildman–Crippen MR) is 500 cm³/mol. The second-order valence-electron chi connectivity index (χ2n) is 32.8. The van der Waals surface area contributed by atoms with Gasteiger partial charge in [-0.2, -0.15) is 0 Å². The third-order valence-corrected chi connectivity index (χ3v) is 25.0. The zero-order valence-corrected chi connectivity index (χ0v) is 71.2. The highest BCUT2D eigenvalue weighted by Gasteiger charge is 2.38. The molecule has 0 spiro atoms. The first kappa shape index (κ1) is 82.9. The molecule has 2 saturated heterocycles. The van der Waals surface area contributed by atoms with Crippen molar-refractivity contribution in [2.45, 2.75) is 59.4 Å². The van der Waals surface area contributed by atoms with Gasteiger partial charge in [-0.25, -0.2) is 15.0 Å². The molecule has 0 radical (unpaired) electrons. The second-order valence-corrected chi connectivity index (χ2v) is 32.8. The van der Waals surface area contributed by atoms with E-state index in [1.807, 2.05) is 151 Å². The van der Waals surface area contributed by atoms with E-state index in [1.165, 1.54) is 75.5 Å². The van der Waals surface area contributed by atoms with Gasteiger partial charge in [-0.3, -0.25) is 39.3 Å². The number of carbonyl (C=O) groups excluding carboxylic acids is 3. The molecule has 0 bridgehead atoms. The molecule has 128 heavy (non-hydrogen) atoms. The summed E-state index contributed by atoms with van der Waals surface area (Å²) >= 11 is 0. The molecule has 23 rings (SSSR count). The number of nitrogens with two attached hydrogens (primary N) is 1. The van der Waals surface area contributed by atoms with E-state index in [4.69, 9.17) is 34.9 Å². The standard InChI is InChI=1S/C23H18N4O5.C23H27N3.C20H17N3O.C19H15NO4.C18H15N3O/c1-32-15-12-18-20(24-13-15)21-19(22(18)28)16-6-5-14(27(30)31)11-17(16)23(29)26(21)10-4-9-25-7-2-3-8-25;1-17-9-10-21-19(15-17)16-22(20-8-5-4-7-18(20)2)24-23(21)26-12-6-11-25(3)13-14-26;24-19-15-7-3-2-6-14(15)18-17(19)13-5-1-4-8-16(13)20(22-18)23-11-9-21-10-12-23;21-7-12-1-11-6-20-19-15-5-18-17(23-9-24-18)4-10(15)2-16(19)14(11)3-13(12)8-22;19-9-10-20-18-14-8-4-1-5-11(14)15-16(21-18)12-6-2-3-7-13(12)17(15)22/h2-3,5-8,11-13H,4,9-10H2,1H3;4-5,7-10,15-16H,6,11-14H2,1-3H3;1-8,21H,9-12H2;1,3-6,21-22H,2,7-9H2;1-8H,9-10,19H2,(H,20,21). The minimum Gasteiger partial charge on any atom is -0.495 e. The summed E-state index contributed by atoms with van der Waals surface area (Å²) in [5, 5.41) is 46.1. The van der Waals surface area contributed by atoms with Crippen molar-refractivity contribution in [2.75, 3.05) is 102 Å². The normalized spacial score (nSPS) is 14.1. The number of nitrogens with zero attached hydrogens (tertiary/aromatic N) is 11. The molecule has 0 unspecified atom stereocenters. The average Bonchev–Trinajstić information content (AvgIpc) is 1.55. The Balaban J connectivity index is 0.000000105. The smallest absolute Gasteiger partial charge is 0.270 e. The number of likely N-dealkylation sites (N-methyl/N-ethyl adjacent to an activating group) is 1. The van der Waals surface area contributed by atoms with Gasteiger partial charge in [-0.1, -0.05) is 145 Å². The summed E-state index contributed by atoms with van der Waals surface area (Å²) in [5.74, 6) is 4.76. The van der Waals surface area contributed by atoms with Crippen LogP contribution in [0.2, 0.25) is 0 Å². The number of aliphatic hydroxyl groups is 2. The number of benzene rings is 9. The van der Waals surface area contributed by atoms with Crippen LogP contribution in [0.25, 0.3) is 110 Å². The summed E-state index contributed by atoms with van der Waals surface area (Å²) in [6, 6.07) is 66.3. The van der Waals surface area contributed by atoms with Crippen LogP contribution in [0.4, 0.5) is 23.1 Å². The number of nitro groups is 1. The number of carbonyl (C=O) groups is 3. The zero-order chi connectivity index (χ0) is 88.0. The Labute approximate surface area is 736 Å². The highest BCUT2D eigenvalue weighted by molar-refractivity contribution is 6.29. The first-order chi connectivity index (χ1) is 62.5. The molecular formula is C103H92N14O11. The number of hydrogen-bond acceptors (Lipinski definition) is 22. The fourth-order valence-corrected chi connectivity index (χ4v) is 18.6. The molecule has 0 amide bonds. The van der Waals surface area contributed by atoms with Crippen LogP contribution in [-0.4, -0.2) is 158 Å². The van der Waals surface area contributed by atoms with Crippen LogP contribution >= 0.6 is 0 Å². The largest absolute Gasteiger partial charge is 0.495 e. The summed E-state index contributed by atoms with van der Waals surface area (Å²) in [7, 11) is 3.70. The lowest BCUT2D eigenvalue weighted by Gasteiger charge is -2.30. The van der Waals surface area contributed by atoms with E-state index in [-0.39, 0.29) is 54.0 Å². The van der Waals surface area contributed by atoms with Crippen molar-refractivity contribution in [1.29, 1.82) is 0 Å². The Bertz CT molecular complexity index is 7230. The number of methoxy groups -OCH3 is 1. The lowest BCUT2D eigenvalue weighted by molar-refractivity contribution is -0.384. The number of anilines is 3. The van der Waals surface area contributed by atoms with Gasteiger partial charge in [0.05, 0.1) is 93.2 Å². The van der Waals surface area contributed by atoms with Crippen molar-refractivity contribution < 1.29 is 43.7 Å². The first-order valence-corrected chi connectivity index (χ1v) is 43.1. The first-order valence-electron chi connectivity index (χ1n) is 43.1. The van der Waals surface area contributed by atoms with Gasteiger partial charge in [0.2, 0.25) is 6.79 Å². The molecule has 640 valence electrons. The van der Waals surface area contributed by atoms with E-state index >= 15 is 0 Å². The molecule has 0 atom stereocenters. The Kier molecular flexibility index (Phi) is 22.9. The minimum absolute atomic E-state index is 0.0553. The van der Waals surface area contributed by atoms with Gasteiger partial charge in [0.15, 0.2) is 28.8 Å². The maximum atomic E-state index is 13.5. The lowest BCUT2D eigenvalue weighted by atomic mass is 9.98. The quantitative estimate of drug-likeness (QED) is 0.0499. The highest BCUT2D eigenvalue weighted by atomic mass is 16.7. The van der Waals surface area contributed by atoms with Gasteiger partial charge in [-0.15, -0.1) is 0 Å². The molecule has 0 saturated carbocycles. The molecule has 4 aliphatic carbocycles. The number of aliphatic hydroxyl groups excluding tert-OH is 2. The van der Waals surface area contributed by atoms with E-state index in [9.17, 15) is 39.5 Å². The van der Waals surface area contributed by atoms with Gasteiger partial charge < -0.3 is 64.6 Å². The lowest BCUT2D eigenvalue weighted by Crippen LogP contribution is -2.44. The molecule has 25 nitrogen and oxygen atoms in total. The molecular weight excluding hydrogens is 1610 g/mol. The maximum Gasteiger partial charge on any atom is 0.270 e. The van der Waals surface area contributed by atoms with Gasteiger partial charge in [-0.05, 0) is 144 Å². The molecule has 25 heteroatoms. The predicted octanol–water partition coefficient (Wildman–Crippen LogP) is 16.3. The number of piperazine rings is 1. The molecule has 7 aliphatic rings. The number of hydrogen-bond donors (Lipinski definition) is 5. The third kappa shape index (κ3) is 15.4. The molecule has 3 aliphatic heterocycles. The van der Waals surface area contributed by atoms with E-state index < -0.39 is 4.92 Å². The Morgan fingerprint density at radius 3 is 1.86 bits per heavy atom. The van der Waals surface area contributed by atoms with E-state index in [2.05, 4.69) is 111 Å². The Hall–Kier alpha value is -14.7. The average molecular weight is 1700 g/mol. The van der Waals surface area contributed by atoms with Crippen LogP contribution in [0.3, 0.4) is 0 Å². The van der Waals surface area contributed by atoms with Crippen LogP contribution < -0.4 is 45.9 Å². The van der Waals surface area contributed by atoms with Crippen molar-refractivity contribution >= 4 is 94.4 Å². The SMILES string of the molecule is COc1cnc2c(c1)C(=O)c1c-2n(CCCn2cccc2)c(=O)c2cc([N+](=O)[O-])ccc12.Cc1ccc2c(N3CCCN(C)CC3)nc(-c3ccccc3C)cc2c1.NCCNc1nc2c(c3ccccc13)C(=O)c1ccccc1-2.O=C1c2ccccc2-c2nc(N3CCNCC3)c3ccccc3c21.OCc1cc2cnc3c(c2cc1CO)Cc1cc2c(cc1-3)OCO2. The van der Waals surface area contributed by atoms with E-state index in [1.54, 1.807) is 6.07 Å². The number of nitrogens with one attached hydrogen (secondary N) is 2. The van der Waals surface area contributed by atoms with Crippen molar-refractivity contribution in [3.05, 3.63) is 318 Å². The second kappa shape index (κ2) is 35.4. The Morgan fingerprint density at radius 2 is 1.16 bits per heavy atom. The zero-order valence-electron chi connectivity index (χ0n) is 71.2. The number of pyridine rings is 6. The van der Waals surface area contributed by atoms with Crippen LogP contribution in [0.15, 0.2) is 236 Å². The van der Waals surface area contributed by atoms with Crippen LogP contribution in [0.1, 0.15) is 94.0 Å². The van der Waals surface area contributed by atoms with Gasteiger partial charge in [0.1, 0.15) is 23.2 Å². The maximum absolute atomic E-state index is 13.5. The molecule has 2 fully saturated rings. The number of non-ortho nitro benzene ring substituents is 1. The fraction of sp³-hybridized carbons (Fsp3) is 0.214. The minimum atomic E-state index is -0.550. The fourth-order valence-electron chi connectivity index (χ4n) is 18.6. The van der Waals surface area contributed by atoms with Gasteiger partial charge in [0.25, 0.3) is 11.2 Å². The third-order valence-electron chi connectivity index (χ3n) is 25.0. The van der Waals surface area contributed by atoms with Crippen LogP contribution in [0.5, 0.6) is 17.2 Å². The number of aromatic nitrogens is 7. The monoisotopic (exact) mass is 1700 g/mol. The summed E-state index contributed by atoms with van der Waals surface area (Å²) in [4.78, 5) is 94.4.